The van der Waals surface area contributed by atoms with Crippen molar-refractivity contribution in [2.24, 2.45) is 0 Å². The van der Waals surface area contributed by atoms with Gasteiger partial charge in [-0.2, -0.15) is 0 Å². The van der Waals surface area contributed by atoms with Crippen molar-refractivity contribution in [3.63, 3.8) is 0 Å². The number of fused-ring (bicyclic) bond motifs is 3. The summed E-state index contributed by atoms with van der Waals surface area (Å²) < 4.78 is 2.72. The number of rotatable bonds is 11. The van der Waals surface area contributed by atoms with Crippen LogP contribution in [0.25, 0.3) is 53.6 Å². The van der Waals surface area contributed by atoms with Gasteiger partial charge in [0.1, 0.15) is 0 Å². The highest BCUT2D eigenvalue weighted by Crippen LogP contribution is 2.42. The lowest BCUT2D eigenvalue weighted by Gasteiger charge is -2.37. The number of allylic oxidation sites excluding steroid dienone is 9. The third-order valence-corrected chi connectivity index (χ3v) is 13.7. The highest BCUT2D eigenvalue weighted by Gasteiger charge is 2.25. The topological polar surface area (TPSA) is 6.48 Å². The molecule has 2 aliphatic rings. The Hall–Kier alpha value is -7.20. The SMILES string of the molecule is CC=CC(=CC)N(C1=CC=C(c2ccc(N(c3ccc(-c4ccccc4)cc3)c3ccc(-c4ccccc4)cc3)cc2)CC1)C1C=CC(c2cccc3c2sc2ccccc23)=CC1. The Bertz CT molecular complexity index is 2990. The second-order valence-electron chi connectivity index (χ2n) is 16.2. The zero-order chi connectivity index (χ0) is 42.5. The Kier molecular flexibility index (Phi) is 11.4. The number of nitrogens with zero attached hydrogens (tertiary/aromatic N) is 2. The molecule has 0 N–H and O–H groups in total. The van der Waals surface area contributed by atoms with Gasteiger partial charge in [-0.25, -0.2) is 0 Å². The van der Waals surface area contributed by atoms with Crippen LogP contribution in [0.4, 0.5) is 17.1 Å². The lowest BCUT2D eigenvalue weighted by atomic mass is 9.92. The van der Waals surface area contributed by atoms with Crippen LogP contribution in [0.1, 0.15) is 44.2 Å². The minimum Gasteiger partial charge on any atom is -0.338 e. The second-order valence-corrected chi connectivity index (χ2v) is 17.3. The molecule has 0 saturated carbocycles. The smallest absolute Gasteiger partial charge is 0.0557 e. The van der Waals surface area contributed by atoms with E-state index >= 15 is 0 Å². The fourth-order valence-corrected chi connectivity index (χ4v) is 10.5. The number of benzene rings is 7. The van der Waals surface area contributed by atoms with Gasteiger partial charge in [0.2, 0.25) is 0 Å². The molecule has 1 heterocycles. The average molecular weight is 831 g/mol. The molecule has 0 aliphatic heterocycles. The molecule has 8 aromatic rings. The monoisotopic (exact) mass is 830 g/mol. The van der Waals surface area contributed by atoms with Crippen LogP contribution in [0.15, 0.2) is 236 Å². The molecule has 0 bridgehead atoms. The van der Waals surface area contributed by atoms with Crippen LogP contribution in [0, 0.1) is 0 Å². The van der Waals surface area contributed by atoms with Gasteiger partial charge in [-0.15, -0.1) is 11.3 Å². The van der Waals surface area contributed by atoms with Gasteiger partial charge in [0.05, 0.1) is 6.04 Å². The maximum absolute atomic E-state index is 2.56. The number of anilines is 3. The van der Waals surface area contributed by atoms with Crippen LogP contribution in [0.5, 0.6) is 0 Å². The molecule has 10 rings (SSSR count). The summed E-state index contributed by atoms with van der Waals surface area (Å²) in [5.74, 6) is 0. The molecule has 63 heavy (non-hydrogen) atoms. The lowest BCUT2D eigenvalue weighted by Crippen LogP contribution is -2.33. The quantitative estimate of drug-likeness (QED) is 0.120. The molecular weight excluding hydrogens is 781 g/mol. The van der Waals surface area contributed by atoms with E-state index in [0.29, 0.717) is 0 Å². The minimum atomic E-state index is 0.229. The van der Waals surface area contributed by atoms with Crippen molar-refractivity contribution in [2.75, 3.05) is 4.90 Å². The van der Waals surface area contributed by atoms with Crippen molar-refractivity contribution in [3.8, 4) is 22.3 Å². The van der Waals surface area contributed by atoms with Crippen LogP contribution in [0.3, 0.4) is 0 Å². The summed E-state index contributed by atoms with van der Waals surface area (Å²) in [5.41, 5.74) is 16.1. The van der Waals surface area contributed by atoms with Gasteiger partial charge in [-0.05, 0) is 132 Å². The van der Waals surface area contributed by atoms with Crippen LogP contribution in [-0.2, 0) is 0 Å². The number of hydrogen-bond donors (Lipinski definition) is 0. The van der Waals surface area contributed by atoms with E-state index in [9.17, 15) is 0 Å². The van der Waals surface area contributed by atoms with Crippen molar-refractivity contribution in [2.45, 2.75) is 39.2 Å². The van der Waals surface area contributed by atoms with Gasteiger partial charge < -0.3 is 9.80 Å². The summed E-state index contributed by atoms with van der Waals surface area (Å²) in [7, 11) is 0. The zero-order valence-electron chi connectivity index (χ0n) is 35.9. The Morgan fingerprint density at radius 3 is 1.68 bits per heavy atom. The molecule has 1 atom stereocenters. The maximum Gasteiger partial charge on any atom is 0.0557 e. The van der Waals surface area contributed by atoms with Crippen LogP contribution in [-0.4, -0.2) is 10.9 Å². The Balaban J connectivity index is 0.919. The Labute approximate surface area is 376 Å². The third-order valence-electron chi connectivity index (χ3n) is 12.4. The van der Waals surface area contributed by atoms with E-state index in [1.807, 2.05) is 11.3 Å². The predicted molar refractivity (Wildman–Crippen MR) is 273 cm³/mol. The van der Waals surface area contributed by atoms with Gasteiger partial charge in [0, 0.05) is 48.6 Å². The molecule has 2 nitrogen and oxygen atoms in total. The van der Waals surface area contributed by atoms with E-state index in [4.69, 9.17) is 0 Å². The van der Waals surface area contributed by atoms with Crippen molar-refractivity contribution in [3.05, 3.63) is 247 Å². The summed E-state index contributed by atoms with van der Waals surface area (Å²) in [6, 6.07) is 64.0. The summed E-state index contributed by atoms with van der Waals surface area (Å²) in [4.78, 5) is 4.92. The molecule has 0 radical (unpaired) electrons. The molecular formula is C60H50N2S. The van der Waals surface area contributed by atoms with E-state index in [0.717, 1.165) is 36.3 Å². The van der Waals surface area contributed by atoms with E-state index < -0.39 is 0 Å². The first-order valence-corrected chi connectivity index (χ1v) is 23.0. The van der Waals surface area contributed by atoms with E-state index in [-0.39, 0.29) is 6.04 Å². The molecule has 7 aromatic carbocycles. The minimum absolute atomic E-state index is 0.229. The Morgan fingerprint density at radius 2 is 1.13 bits per heavy atom. The first-order chi connectivity index (χ1) is 31.1. The van der Waals surface area contributed by atoms with Gasteiger partial charge in [-0.1, -0.05) is 170 Å². The fraction of sp³-hybridized carbons (Fsp3) is 0.100. The summed E-state index contributed by atoms with van der Waals surface area (Å²) >= 11 is 1.90. The molecule has 0 amide bonds. The lowest BCUT2D eigenvalue weighted by molar-refractivity contribution is 0.358. The molecule has 306 valence electrons. The highest BCUT2D eigenvalue weighted by atomic mass is 32.1. The van der Waals surface area contributed by atoms with Crippen LogP contribution >= 0.6 is 11.3 Å². The Morgan fingerprint density at radius 1 is 0.556 bits per heavy atom. The second kappa shape index (κ2) is 18.0. The fourth-order valence-electron chi connectivity index (χ4n) is 9.24. The predicted octanol–water partition coefficient (Wildman–Crippen LogP) is 17.1. The maximum atomic E-state index is 2.56. The first kappa shape index (κ1) is 39.9. The number of thiophene rings is 1. The van der Waals surface area contributed by atoms with E-state index in [2.05, 4.69) is 248 Å². The van der Waals surface area contributed by atoms with Crippen molar-refractivity contribution >= 4 is 59.7 Å². The van der Waals surface area contributed by atoms with Crippen molar-refractivity contribution in [1.29, 1.82) is 0 Å². The average Bonchev–Trinajstić information content (AvgIpc) is 3.75. The molecule has 3 heteroatoms. The van der Waals surface area contributed by atoms with Gasteiger partial charge >= 0.3 is 0 Å². The van der Waals surface area contributed by atoms with Gasteiger partial charge in [0.15, 0.2) is 0 Å². The van der Waals surface area contributed by atoms with E-state index in [1.54, 1.807) is 0 Å². The summed E-state index contributed by atoms with van der Waals surface area (Å²) in [6.45, 7) is 4.27. The molecule has 0 saturated heterocycles. The van der Waals surface area contributed by atoms with Gasteiger partial charge in [0.25, 0.3) is 0 Å². The zero-order valence-corrected chi connectivity index (χ0v) is 36.7. The standard InChI is InChI=1S/C60H50N2S/c1-3-14-50(4-2)61(52-41-31-49(32-42-52)56-20-13-21-58-57-19-11-12-22-59(57)63-60(56)58)51-33-27-47(28-34-51)48-29-39-55(40-30-48)62(53-35-23-45(24-36-53)43-15-7-5-8-16-43)54-37-25-46(26-38-54)44-17-9-6-10-18-44/h3-27,29-33,35-41,52H,28,34,42H2,1-2H3. The molecule has 1 unspecified atom stereocenters. The molecule has 2 aliphatic carbocycles. The molecule has 1 aromatic heterocycles. The normalized spacial score (nSPS) is 15.4. The molecule has 0 spiro atoms. The third kappa shape index (κ3) is 8.16. The summed E-state index contributed by atoms with van der Waals surface area (Å²) in [6.07, 6.45) is 21.5. The molecule has 0 fully saturated rings. The number of hydrogen-bond acceptors (Lipinski definition) is 3. The van der Waals surface area contributed by atoms with Crippen molar-refractivity contribution in [1.82, 2.24) is 4.90 Å². The highest BCUT2D eigenvalue weighted by molar-refractivity contribution is 7.26. The van der Waals surface area contributed by atoms with Crippen molar-refractivity contribution < 1.29 is 0 Å². The van der Waals surface area contributed by atoms with Crippen LogP contribution in [0.2, 0.25) is 0 Å². The first-order valence-electron chi connectivity index (χ1n) is 22.1. The summed E-state index contributed by atoms with van der Waals surface area (Å²) in [5, 5.41) is 2.69. The van der Waals surface area contributed by atoms with Gasteiger partial charge in [-0.3, -0.25) is 0 Å². The van der Waals surface area contributed by atoms with Crippen LogP contribution < -0.4 is 4.90 Å². The largest absolute Gasteiger partial charge is 0.338 e. The van der Waals surface area contributed by atoms with E-state index in [1.165, 1.54) is 76.1 Å².